The molecule has 0 atom stereocenters. The molecular formula is C33H39F3O2. The molecule has 4 rings (SSSR count). The first-order chi connectivity index (χ1) is 18.5. The fourth-order valence-corrected chi connectivity index (χ4v) is 5.27. The van der Waals surface area contributed by atoms with Crippen molar-refractivity contribution in [3.05, 3.63) is 83.2 Å². The zero-order valence-electron chi connectivity index (χ0n) is 22.6. The summed E-state index contributed by atoms with van der Waals surface area (Å²) in [6.07, 6.45) is 9.19. The van der Waals surface area contributed by atoms with E-state index in [2.05, 4.69) is 6.92 Å². The SMILES string of the molecule is CCCCCCCOc1ccc(C2CCC(COc3ccc(-c4ccc(C)cc4)c(F)c3F)CC2)c(F)c1. The molecule has 1 aliphatic carbocycles. The molecular weight excluding hydrogens is 485 g/mol. The number of unbranched alkanes of at least 4 members (excludes halogenated alkanes) is 4. The Kier molecular flexibility index (Phi) is 10.1. The first-order valence-electron chi connectivity index (χ1n) is 14.1. The molecule has 0 unspecified atom stereocenters. The number of benzene rings is 3. The van der Waals surface area contributed by atoms with Crippen LogP contribution in [0.4, 0.5) is 13.2 Å². The fraction of sp³-hybridized carbons (Fsp3) is 0.455. The van der Waals surface area contributed by atoms with Gasteiger partial charge in [-0.2, -0.15) is 4.39 Å². The van der Waals surface area contributed by atoms with Crippen molar-refractivity contribution in [1.82, 2.24) is 0 Å². The van der Waals surface area contributed by atoms with Gasteiger partial charge in [-0.05, 0) is 80.2 Å². The van der Waals surface area contributed by atoms with Crippen LogP contribution in [0.3, 0.4) is 0 Å². The van der Waals surface area contributed by atoms with Crippen molar-refractivity contribution in [2.75, 3.05) is 13.2 Å². The Morgan fingerprint density at radius 3 is 2.21 bits per heavy atom. The number of rotatable bonds is 12. The van der Waals surface area contributed by atoms with Gasteiger partial charge in [0, 0.05) is 11.6 Å². The van der Waals surface area contributed by atoms with Crippen LogP contribution in [0.15, 0.2) is 54.6 Å². The smallest absolute Gasteiger partial charge is 0.201 e. The van der Waals surface area contributed by atoms with E-state index in [4.69, 9.17) is 9.47 Å². The monoisotopic (exact) mass is 524 g/mol. The minimum absolute atomic E-state index is 0.0625. The lowest BCUT2D eigenvalue weighted by atomic mass is 9.79. The summed E-state index contributed by atoms with van der Waals surface area (Å²) in [6.45, 7) is 5.08. The average Bonchev–Trinajstić information content (AvgIpc) is 2.93. The molecule has 3 aromatic carbocycles. The molecule has 5 heteroatoms. The van der Waals surface area contributed by atoms with Crippen molar-refractivity contribution in [2.45, 2.75) is 77.6 Å². The summed E-state index contributed by atoms with van der Waals surface area (Å²) in [7, 11) is 0. The average molecular weight is 525 g/mol. The second-order valence-electron chi connectivity index (χ2n) is 10.6. The van der Waals surface area contributed by atoms with Gasteiger partial charge in [-0.1, -0.05) is 68.5 Å². The normalized spacial score (nSPS) is 17.4. The topological polar surface area (TPSA) is 18.5 Å². The highest BCUT2D eigenvalue weighted by molar-refractivity contribution is 5.65. The van der Waals surface area contributed by atoms with Crippen molar-refractivity contribution in [3.63, 3.8) is 0 Å². The molecule has 204 valence electrons. The molecule has 3 aromatic rings. The van der Waals surface area contributed by atoms with Crippen LogP contribution in [0.1, 0.15) is 81.8 Å². The highest BCUT2D eigenvalue weighted by atomic mass is 19.2. The lowest BCUT2D eigenvalue weighted by Crippen LogP contribution is -2.20. The Hall–Kier alpha value is -2.95. The maximum Gasteiger partial charge on any atom is 0.201 e. The third kappa shape index (κ3) is 7.33. The molecule has 0 amide bonds. The highest BCUT2D eigenvalue weighted by Crippen LogP contribution is 2.38. The van der Waals surface area contributed by atoms with E-state index in [1.54, 1.807) is 18.2 Å². The van der Waals surface area contributed by atoms with E-state index in [1.807, 2.05) is 31.2 Å². The van der Waals surface area contributed by atoms with Gasteiger partial charge in [0.05, 0.1) is 13.2 Å². The first kappa shape index (κ1) is 28.1. The van der Waals surface area contributed by atoms with Crippen molar-refractivity contribution < 1.29 is 22.6 Å². The minimum Gasteiger partial charge on any atom is -0.493 e. The first-order valence-corrected chi connectivity index (χ1v) is 14.1. The lowest BCUT2D eigenvalue weighted by molar-refractivity contribution is 0.192. The summed E-state index contributed by atoms with van der Waals surface area (Å²) >= 11 is 0. The Bertz CT molecular complexity index is 1170. The van der Waals surface area contributed by atoms with Gasteiger partial charge in [0.25, 0.3) is 0 Å². The third-order valence-corrected chi connectivity index (χ3v) is 7.66. The Morgan fingerprint density at radius 1 is 0.763 bits per heavy atom. The second kappa shape index (κ2) is 13.7. The summed E-state index contributed by atoms with van der Waals surface area (Å²) in [4.78, 5) is 0. The predicted octanol–water partition coefficient (Wildman–Crippen LogP) is 9.78. The van der Waals surface area contributed by atoms with Gasteiger partial charge in [-0.15, -0.1) is 0 Å². The third-order valence-electron chi connectivity index (χ3n) is 7.66. The molecule has 0 radical (unpaired) electrons. The molecule has 38 heavy (non-hydrogen) atoms. The summed E-state index contributed by atoms with van der Waals surface area (Å²) in [6, 6.07) is 15.6. The summed E-state index contributed by atoms with van der Waals surface area (Å²) in [5, 5.41) is 0. The van der Waals surface area contributed by atoms with E-state index in [0.29, 0.717) is 24.5 Å². The largest absolute Gasteiger partial charge is 0.493 e. The molecule has 0 spiro atoms. The van der Waals surface area contributed by atoms with Crippen molar-refractivity contribution >= 4 is 0 Å². The van der Waals surface area contributed by atoms with E-state index >= 15 is 0 Å². The summed E-state index contributed by atoms with van der Waals surface area (Å²) < 4.78 is 55.8. The quantitative estimate of drug-likeness (QED) is 0.220. The zero-order valence-corrected chi connectivity index (χ0v) is 22.6. The van der Waals surface area contributed by atoms with Gasteiger partial charge < -0.3 is 9.47 Å². The fourth-order valence-electron chi connectivity index (χ4n) is 5.27. The van der Waals surface area contributed by atoms with E-state index in [-0.39, 0.29) is 29.0 Å². The zero-order chi connectivity index (χ0) is 26.9. The maximum absolute atomic E-state index is 14.9. The van der Waals surface area contributed by atoms with E-state index in [0.717, 1.165) is 49.7 Å². The van der Waals surface area contributed by atoms with Crippen molar-refractivity contribution in [2.24, 2.45) is 5.92 Å². The number of halogens is 3. The van der Waals surface area contributed by atoms with Crippen LogP contribution in [0.5, 0.6) is 11.5 Å². The van der Waals surface area contributed by atoms with Crippen LogP contribution in [-0.2, 0) is 0 Å². The van der Waals surface area contributed by atoms with Gasteiger partial charge in [0.1, 0.15) is 11.6 Å². The second-order valence-corrected chi connectivity index (χ2v) is 10.6. The van der Waals surface area contributed by atoms with Crippen molar-refractivity contribution in [1.29, 1.82) is 0 Å². The molecule has 1 aliphatic rings. The minimum atomic E-state index is -0.956. The summed E-state index contributed by atoms with van der Waals surface area (Å²) in [5.41, 5.74) is 2.65. The molecule has 0 aromatic heterocycles. The predicted molar refractivity (Wildman–Crippen MR) is 147 cm³/mol. The molecule has 0 saturated heterocycles. The van der Waals surface area contributed by atoms with Crippen molar-refractivity contribution in [3.8, 4) is 22.6 Å². The highest BCUT2D eigenvalue weighted by Gasteiger charge is 2.26. The van der Waals surface area contributed by atoms with E-state index in [1.165, 1.54) is 31.4 Å². The van der Waals surface area contributed by atoms with Crippen LogP contribution in [0, 0.1) is 30.3 Å². The van der Waals surface area contributed by atoms with Crippen LogP contribution in [-0.4, -0.2) is 13.2 Å². The Labute approximate surface area is 225 Å². The molecule has 2 nitrogen and oxygen atoms in total. The maximum atomic E-state index is 14.9. The Morgan fingerprint density at radius 2 is 1.50 bits per heavy atom. The van der Waals surface area contributed by atoms with Crippen LogP contribution in [0.25, 0.3) is 11.1 Å². The molecule has 1 saturated carbocycles. The van der Waals surface area contributed by atoms with Crippen LogP contribution < -0.4 is 9.47 Å². The molecule has 0 aliphatic heterocycles. The van der Waals surface area contributed by atoms with E-state index in [9.17, 15) is 13.2 Å². The number of hydrogen-bond acceptors (Lipinski definition) is 2. The van der Waals surface area contributed by atoms with Crippen LogP contribution in [0.2, 0.25) is 0 Å². The number of aryl methyl sites for hydroxylation is 1. The number of ether oxygens (including phenoxy) is 2. The van der Waals surface area contributed by atoms with Gasteiger partial charge in [0.2, 0.25) is 5.82 Å². The molecule has 0 N–H and O–H groups in total. The summed E-state index contributed by atoms with van der Waals surface area (Å²) in [5.74, 6) is -1.16. The van der Waals surface area contributed by atoms with Gasteiger partial charge in [0.15, 0.2) is 11.6 Å². The lowest BCUT2D eigenvalue weighted by Gasteiger charge is -2.29. The Balaban J connectivity index is 1.25. The van der Waals surface area contributed by atoms with Gasteiger partial charge in [-0.3, -0.25) is 0 Å². The van der Waals surface area contributed by atoms with E-state index < -0.39 is 11.6 Å². The van der Waals surface area contributed by atoms with Gasteiger partial charge in [-0.25, -0.2) is 8.78 Å². The van der Waals surface area contributed by atoms with Gasteiger partial charge >= 0.3 is 0 Å². The number of hydrogen-bond donors (Lipinski definition) is 0. The molecule has 1 fully saturated rings. The molecule has 0 heterocycles. The molecule has 0 bridgehead atoms. The standard InChI is InChI=1S/C33H39F3O2/c1-3-4-5-6-7-20-37-27-16-17-28(30(34)21-27)25-14-10-24(11-15-25)22-38-31-19-18-29(32(35)33(31)36)26-12-8-23(2)9-13-26/h8-9,12-13,16-19,21,24-25H,3-7,10-11,14-15,20,22H2,1-2H3. The van der Waals surface area contributed by atoms with Crippen LogP contribution >= 0.6 is 0 Å².